The van der Waals surface area contributed by atoms with Crippen LogP contribution in [0.3, 0.4) is 0 Å². The van der Waals surface area contributed by atoms with E-state index in [0.29, 0.717) is 11.5 Å². The lowest BCUT2D eigenvalue weighted by Gasteiger charge is -2.50. The molecule has 2 aliphatic rings. The van der Waals surface area contributed by atoms with Crippen LogP contribution in [0.15, 0.2) is 133 Å². The SMILES string of the molecule is CC1=C(C(=O)OC(c2ccccc2)(c2ccccc2)c2ccccc2)N2C(=O)[C@@H](NC(=O)COc3ccccc3)[C@@H]2SC1. The lowest BCUT2D eigenvalue weighted by molar-refractivity contribution is -0.158. The van der Waals surface area contributed by atoms with Gasteiger partial charge in [0.1, 0.15) is 22.9 Å². The second-order valence-electron chi connectivity index (χ2n) is 10.4. The molecule has 216 valence electrons. The predicted octanol–water partition coefficient (Wildman–Crippen LogP) is 5.27. The third kappa shape index (κ3) is 5.42. The van der Waals surface area contributed by atoms with Crippen molar-refractivity contribution < 1.29 is 23.9 Å². The molecule has 2 atom stereocenters. The number of amides is 2. The zero-order valence-electron chi connectivity index (χ0n) is 23.5. The van der Waals surface area contributed by atoms with Crippen LogP contribution in [0.25, 0.3) is 0 Å². The van der Waals surface area contributed by atoms with Gasteiger partial charge < -0.3 is 14.8 Å². The molecule has 2 amide bonds. The average molecular weight is 591 g/mol. The highest BCUT2D eigenvalue weighted by Gasteiger charge is 2.55. The van der Waals surface area contributed by atoms with Gasteiger partial charge in [0.15, 0.2) is 12.2 Å². The normalized spacial score (nSPS) is 17.9. The second kappa shape index (κ2) is 12.2. The van der Waals surface area contributed by atoms with Gasteiger partial charge in [-0.15, -0.1) is 11.8 Å². The van der Waals surface area contributed by atoms with Gasteiger partial charge in [-0.05, 0) is 24.6 Å². The van der Waals surface area contributed by atoms with Crippen molar-refractivity contribution in [2.75, 3.05) is 12.4 Å². The van der Waals surface area contributed by atoms with Crippen molar-refractivity contribution >= 4 is 29.5 Å². The monoisotopic (exact) mass is 590 g/mol. The van der Waals surface area contributed by atoms with E-state index in [2.05, 4.69) is 5.32 Å². The Kier molecular flexibility index (Phi) is 8.03. The first-order chi connectivity index (χ1) is 21.0. The number of benzene rings is 4. The zero-order valence-corrected chi connectivity index (χ0v) is 24.3. The summed E-state index contributed by atoms with van der Waals surface area (Å²) in [7, 11) is 0. The summed E-state index contributed by atoms with van der Waals surface area (Å²) in [6.07, 6.45) is 0. The number of ether oxygens (including phenoxy) is 2. The maximum absolute atomic E-state index is 14.3. The van der Waals surface area contributed by atoms with Crippen LogP contribution in [-0.4, -0.2) is 46.5 Å². The predicted molar refractivity (Wildman–Crippen MR) is 165 cm³/mol. The Labute approximate surface area is 254 Å². The van der Waals surface area contributed by atoms with E-state index in [9.17, 15) is 14.4 Å². The van der Waals surface area contributed by atoms with E-state index in [1.807, 2.05) is 116 Å². The Morgan fingerprint density at radius 2 is 1.30 bits per heavy atom. The molecule has 0 saturated carbocycles. The first kappa shape index (κ1) is 28.3. The van der Waals surface area contributed by atoms with E-state index in [4.69, 9.17) is 9.47 Å². The van der Waals surface area contributed by atoms with E-state index in [1.165, 1.54) is 16.7 Å². The molecule has 6 rings (SSSR count). The highest BCUT2D eigenvalue weighted by Crippen LogP contribution is 2.44. The maximum Gasteiger partial charge on any atom is 0.356 e. The van der Waals surface area contributed by atoms with Gasteiger partial charge in [0.25, 0.3) is 11.8 Å². The number of thioether (sulfide) groups is 1. The molecule has 1 saturated heterocycles. The van der Waals surface area contributed by atoms with Crippen LogP contribution in [0.5, 0.6) is 5.75 Å². The molecule has 0 aliphatic carbocycles. The summed E-state index contributed by atoms with van der Waals surface area (Å²) in [6.45, 7) is 1.62. The minimum atomic E-state index is -1.27. The Morgan fingerprint density at radius 1 is 0.814 bits per heavy atom. The van der Waals surface area contributed by atoms with Crippen molar-refractivity contribution in [3.05, 3.63) is 149 Å². The lowest BCUT2D eigenvalue weighted by Crippen LogP contribution is -2.71. The number of hydrogen-bond donors (Lipinski definition) is 1. The van der Waals surface area contributed by atoms with Crippen molar-refractivity contribution in [3.63, 3.8) is 0 Å². The van der Waals surface area contributed by atoms with E-state index in [1.54, 1.807) is 12.1 Å². The summed E-state index contributed by atoms with van der Waals surface area (Å²) in [4.78, 5) is 41.9. The van der Waals surface area contributed by atoms with E-state index in [-0.39, 0.29) is 18.2 Å². The number of nitrogens with one attached hydrogen (secondary N) is 1. The molecule has 1 fully saturated rings. The number of para-hydroxylation sites is 1. The van der Waals surface area contributed by atoms with Gasteiger partial charge in [0, 0.05) is 22.4 Å². The van der Waals surface area contributed by atoms with Crippen molar-refractivity contribution in [3.8, 4) is 5.75 Å². The minimum Gasteiger partial charge on any atom is -0.484 e. The first-order valence-corrected chi connectivity index (χ1v) is 15.1. The molecule has 4 aromatic rings. The molecule has 0 unspecified atom stereocenters. The fraction of sp³-hybridized carbons (Fsp3) is 0.171. The Morgan fingerprint density at radius 3 is 1.81 bits per heavy atom. The minimum absolute atomic E-state index is 0.215. The highest BCUT2D eigenvalue weighted by atomic mass is 32.2. The Bertz CT molecular complexity index is 1550. The third-order valence-electron chi connectivity index (χ3n) is 7.57. The molecule has 2 aliphatic heterocycles. The van der Waals surface area contributed by atoms with Gasteiger partial charge in [-0.3, -0.25) is 14.5 Å². The molecule has 0 spiro atoms. The van der Waals surface area contributed by atoms with E-state index >= 15 is 0 Å². The molecular weight excluding hydrogens is 560 g/mol. The van der Waals surface area contributed by atoms with Gasteiger partial charge in [0.05, 0.1) is 0 Å². The number of nitrogens with zero attached hydrogens (tertiary/aromatic N) is 1. The van der Waals surface area contributed by atoms with Gasteiger partial charge in [-0.2, -0.15) is 0 Å². The number of carbonyl (C=O) groups excluding carboxylic acids is 3. The third-order valence-corrected chi connectivity index (χ3v) is 8.99. The van der Waals surface area contributed by atoms with Gasteiger partial charge >= 0.3 is 5.97 Å². The number of carbonyl (C=O) groups is 3. The van der Waals surface area contributed by atoms with Crippen LogP contribution in [0, 0.1) is 0 Å². The molecule has 1 N–H and O–H groups in total. The van der Waals surface area contributed by atoms with Crippen LogP contribution in [0.4, 0.5) is 0 Å². The van der Waals surface area contributed by atoms with E-state index in [0.717, 1.165) is 22.3 Å². The van der Waals surface area contributed by atoms with Crippen molar-refractivity contribution in [2.24, 2.45) is 0 Å². The summed E-state index contributed by atoms with van der Waals surface area (Å²) < 4.78 is 12.1. The topological polar surface area (TPSA) is 84.9 Å². The summed E-state index contributed by atoms with van der Waals surface area (Å²) in [5.41, 5.74) is 2.01. The molecular formula is C35H30N2O5S. The number of β-lactam (4-membered cyclic amide) rings is 1. The molecule has 4 aromatic carbocycles. The van der Waals surface area contributed by atoms with Crippen LogP contribution in [0.1, 0.15) is 23.6 Å². The number of fused-ring (bicyclic) bond motifs is 1. The van der Waals surface area contributed by atoms with Crippen LogP contribution in [0.2, 0.25) is 0 Å². The number of hydrogen-bond acceptors (Lipinski definition) is 6. The second-order valence-corrected chi connectivity index (χ2v) is 11.5. The maximum atomic E-state index is 14.3. The summed E-state index contributed by atoms with van der Waals surface area (Å²) in [5.74, 6) is -0.297. The summed E-state index contributed by atoms with van der Waals surface area (Å²) >= 11 is 1.50. The smallest absolute Gasteiger partial charge is 0.356 e. The van der Waals surface area contributed by atoms with Crippen molar-refractivity contribution in [1.29, 1.82) is 0 Å². The quantitative estimate of drug-likeness (QED) is 0.162. The lowest BCUT2D eigenvalue weighted by atomic mass is 9.80. The van der Waals surface area contributed by atoms with Gasteiger partial charge in [0.2, 0.25) is 0 Å². The molecule has 8 heteroatoms. The first-order valence-electron chi connectivity index (χ1n) is 14.0. The average Bonchev–Trinajstić information content (AvgIpc) is 3.06. The fourth-order valence-electron chi connectivity index (χ4n) is 5.53. The van der Waals surface area contributed by atoms with E-state index < -0.39 is 28.9 Å². The summed E-state index contributed by atoms with van der Waals surface area (Å²) in [6, 6.07) is 37.1. The zero-order chi connectivity index (χ0) is 29.8. The van der Waals surface area contributed by atoms with Gasteiger partial charge in [-0.25, -0.2) is 4.79 Å². The van der Waals surface area contributed by atoms with Crippen molar-refractivity contribution in [1.82, 2.24) is 10.2 Å². The largest absolute Gasteiger partial charge is 0.484 e. The molecule has 0 radical (unpaired) electrons. The summed E-state index contributed by atoms with van der Waals surface area (Å²) in [5, 5.41) is 2.35. The standard InChI is InChI=1S/C35H30N2O5S/c1-24-23-43-33-30(36-29(38)22-41-28-20-12-5-13-21-28)32(39)37(33)31(24)34(40)42-35(25-14-6-2-7-15-25,26-16-8-3-9-17-26)27-18-10-4-11-19-27/h2-21,30,33H,22-23H2,1H3,(H,36,38)/t30-,33+/m1/s1. The molecule has 43 heavy (non-hydrogen) atoms. The van der Waals surface area contributed by atoms with Crippen LogP contribution >= 0.6 is 11.8 Å². The number of rotatable bonds is 9. The van der Waals surface area contributed by atoms with Crippen LogP contribution in [-0.2, 0) is 24.7 Å². The highest BCUT2D eigenvalue weighted by molar-refractivity contribution is 8.00. The Hall–Kier alpha value is -4.82. The van der Waals surface area contributed by atoms with Gasteiger partial charge in [-0.1, -0.05) is 109 Å². The molecule has 7 nitrogen and oxygen atoms in total. The van der Waals surface area contributed by atoms with Crippen LogP contribution < -0.4 is 10.1 Å². The molecule has 0 bridgehead atoms. The molecule has 2 heterocycles. The fourth-order valence-corrected chi connectivity index (χ4v) is 6.82. The molecule has 0 aromatic heterocycles. The number of esters is 1. The Balaban J connectivity index is 1.28. The van der Waals surface area contributed by atoms with Crippen molar-refractivity contribution in [2.45, 2.75) is 23.9 Å².